The van der Waals surface area contributed by atoms with Gasteiger partial charge in [-0.05, 0) is 55.7 Å². The van der Waals surface area contributed by atoms with Gasteiger partial charge in [-0.3, -0.25) is 0 Å². The molecule has 0 aromatic heterocycles. The van der Waals surface area contributed by atoms with E-state index >= 15 is 0 Å². The minimum Gasteiger partial charge on any atom is -0.494 e. The minimum atomic E-state index is 0. The standard InChI is InChI=1S/C18H23N3O.HI/c1-4-22-17-9-8-15(11-14(17)3)12-20-18(19)21-16-7-5-6-13(2)10-16;/h5-11H,4,12H2,1-3H3,(H3,19,20,21);1H. The lowest BCUT2D eigenvalue weighted by Gasteiger charge is -2.09. The fraction of sp³-hybridized carbons (Fsp3) is 0.278. The maximum atomic E-state index is 5.93. The molecule has 124 valence electrons. The maximum Gasteiger partial charge on any atom is 0.193 e. The number of aliphatic imine (C=N–C) groups is 1. The van der Waals surface area contributed by atoms with E-state index < -0.39 is 0 Å². The predicted octanol–water partition coefficient (Wildman–Crippen LogP) is 4.25. The Kier molecular flexibility index (Phi) is 7.88. The molecule has 0 atom stereocenters. The fourth-order valence-corrected chi connectivity index (χ4v) is 2.21. The van der Waals surface area contributed by atoms with Crippen LogP contribution < -0.4 is 15.8 Å². The number of nitrogens with one attached hydrogen (secondary N) is 1. The van der Waals surface area contributed by atoms with Gasteiger partial charge in [-0.15, -0.1) is 24.0 Å². The summed E-state index contributed by atoms with van der Waals surface area (Å²) in [6.07, 6.45) is 0. The number of rotatable bonds is 5. The number of ether oxygens (including phenoxy) is 1. The molecule has 4 nitrogen and oxygen atoms in total. The van der Waals surface area contributed by atoms with Crippen LogP contribution in [0.15, 0.2) is 47.5 Å². The third kappa shape index (κ3) is 6.09. The summed E-state index contributed by atoms with van der Waals surface area (Å²) in [6.45, 7) is 7.27. The molecule has 0 spiro atoms. The van der Waals surface area contributed by atoms with Gasteiger partial charge in [-0.2, -0.15) is 0 Å². The highest BCUT2D eigenvalue weighted by molar-refractivity contribution is 14.0. The van der Waals surface area contributed by atoms with Crippen LogP contribution in [0.4, 0.5) is 5.69 Å². The zero-order valence-corrected chi connectivity index (χ0v) is 16.1. The van der Waals surface area contributed by atoms with Gasteiger partial charge in [-0.1, -0.05) is 24.3 Å². The Balaban J connectivity index is 0.00000264. The van der Waals surface area contributed by atoms with E-state index in [9.17, 15) is 0 Å². The normalized spacial score (nSPS) is 10.8. The number of halogens is 1. The molecule has 0 saturated heterocycles. The number of anilines is 1. The van der Waals surface area contributed by atoms with Gasteiger partial charge in [0.15, 0.2) is 5.96 Å². The molecule has 0 fully saturated rings. The quantitative estimate of drug-likeness (QED) is 0.428. The summed E-state index contributed by atoms with van der Waals surface area (Å²) < 4.78 is 5.53. The SMILES string of the molecule is CCOc1ccc(CN=C(N)Nc2cccc(C)c2)cc1C.I. The highest BCUT2D eigenvalue weighted by atomic mass is 127. The second kappa shape index (κ2) is 9.39. The molecule has 0 aliphatic carbocycles. The van der Waals surface area contributed by atoms with Crippen molar-refractivity contribution < 1.29 is 4.74 Å². The smallest absolute Gasteiger partial charge is 0.193 e. The second-order valence-corrected chi connectivity index (χ2v) is 5.23. The van der Waals surface area contributed by atoms with Gasteiger partial charge < -0.3 is 15.8 Å². The molecule has 2 rings (SSSR count). The first kappa shape index (κ1) is 19.3. The Bertz CT molecular complexity index is 671. The predicted molar refractivity (Wildman–Crippen MR) is 108 cm³/mol. The molecule has 0 bridgehead atoms. The summed E-state index contributed by atoms with van der Waals surface area (Å²) in [4.78, 5) is 4.38. The number of nitrogens with zero attached hydrogens (tertiary/aromatic N) is 1. The molecule has 2 aromatic rings. The van der Waals surface area contributed by atoms with Crippen molar-refractivity contribution in [2.45, 2.75) is 27.3 Å². The first-order valence-corrected chi connectivity index (χ1v) is 7.44. The third-order valence-corrected chi connectivity index (χ3v) is 3.26. The van der Waals surface area contributed by atoms with Crippen molar-refractivity contribution >= 4 is 35.6 Å². The molecule has 23 heavy (non-hydrogen) atoms. The van der Waals surface area contributed by atoms with Crippen LogP contribution in [0.25, 0.3) is 0 Å². The summed E-state index contributed by atoms with van der Waals surface area (Å²) in [5, 5.41) is 3.10. The molecule has 0 aliphatic rings. The number of benzene rings is 2. The topological polar surface area (TPSA) is 59.6 Å². The van der Waals surface area contributed by atoms with Crippen LogP contribution in [0.3, 0.4) is 0 Å². The summed E-state index contributed by atoms with van der Waals surface area (Å²) in [7, 11) is 0. The average molecular weight is 425 g/mol. The van der Waals surface area contributed by atoms with Crippen LogP contribution in [0, 0.1) is 13.8 Å². The van der Waals surface area contributed by atoms with Crippen LogP contribution in [-0.4, -0.2) is 12.6 Å². The van der Waals surface area contributed by atoms with Crippen molar-refractivity contribution in [2.75, 3.05) is 11.9 Å². The molecular weight excluding hydrogens is 401 g/mol. The molecule has 0 saturated carbocycles. The van der Waals surface area contributed by atoms with E-state index in [2.05, 4.69) is 16.4 Å². The molecular formula is C18H24IN3O. The number of guanidine groups is 1. The third-order valence-electron chi connectivity index (χ3n) is 3.26. The molecule has 5 heteroatoms. The summed E-state index contributed by atoms with van der Waals surface area (Å²) >= 11 is 0. The van der Waals surface area contributed by atoms with E-state index in [1.54, 1.807) is 0 Å². The van der Waals surface area contributed by atoms with Crippen molar-refractivity contribution in [3.8, 4) is 5.75 Å². The lowest BCUT2D eigenvalue weighted by molar-refractivity contribution is 0.338. The fourth-order valence-electron chi connectivity index (χ4n) is 2.21. The van der Waals surface area contributed by atoms with Crippen molar-refractivity contribution in [3.63, 3.8) is 0 Å². The Morgan fingerprint density at radius 3 is 2.61 bits per heavy atom. The van der Waals surface area contributed by atoms with Crippen LogP contribution in [-0.2, 0) is 6.54 Å². The lowest BCUT2D eigenvalue weighted by Crippen LogP contribution is -2.22. The highest BCUT2D eigenvalue weighted by Crippen LogP contribution is 2.19. The van der Waals surface area contributed by atoms with Crippen molar-refractivity contribution in [1.29, 1.82) is 0 Å². The van der Waals surface area contributed by atoms with Crippen molar-refractivity contribution in [2.24, 2.45) is 10.7 Å². The highest BCUT2D eigenvalue weighted by Gasteiger charge is 2.01. The van der Waals surface area contributed by atoms with Gasteiger partial charge in [0.2, 0.25) is 0 Å². The maximum absolute atomic E-state index is 5.93. The molecule has 0 heterocycles. The van der Waals surface area contributed by atoms with E-state index in [0.717, 1.165) is 22.6 Å². The Morgan fingerprint density at radius 1 is 1.17 bits per heavy atom. The van der Waals surface area contributed by atoms with Crippen LogP contribution in [0.1, 0.15) is 23.6 Å². The van der Waals surface area contributed by atoms with Crippen LogP contribution in [0.5, 0.6) is 5.75 Å². The number of hydrogen-bond donors (Lipinski definition) is 2. The summed E-state index contributed by atoms with van der Waals surface area (Å²) in [5.74, 6) is 1.33. The van der Waals surface area contributed by atoms with E-state index in [0.29, 0.717) is 19.1 Å². The van der Waals surface area contributed by atoms with E-state index in [-0.39, 0.29) is 24.0 Å². The van der Waals surface area contributed by atoms with Gasteiger partial charge in [0.1, 0.15) is 5.75 Å². The first-order chi connectivity index (χ1) is 10.6. The zero-order chi connectivity index (χ0) is 15.9. The van der Waals surface area contributed by atoms with Gasteiger partial charge in [0.25, 0.3) is 0 Å². The molecule has 0 amide bonds. The first-order valence-electron chi connectivity index (χ1n) is 7.44. The lowest BCUT2D eigenvalue weighted by atomic mass is 10.1. The Labute approximate surface area is 155 Å². The van der Waals surface area contributed by atoms with E-state index in [1.807, 2.05) is 57.2 Å². The van der Waals surface area contributed by atoms with Crippen LogP contribution >= 0.6 is 24.0 Å². The van der Waals surface area contributed by atoms with Crippen molar-refractivity contribution in [3.05, 3.63) is 59.2 Å². The van der Waals surface area contributed by atoms with Gasteiger partial charge in [0, 0.05) is 5.69 Å². The van der Waals surface area contributed by atoms with Gasteiger partial charge in [-0.25, -0.2) is 4.99 Å². The second-order valence-electron chi connectivity index (χ2n) is 5.23. The number of aryl methyl sites for hydroxylation is 2. The molecule has 0 unspecified atom stereocenters. The van der Waals surface area contributed by atoms with Gasteiger partial charge >= 0.3 is 0 Å². The van der Waals surface area contributed by atoms with Crippen molar-refractivity contribution in [1.82, 2.24) is 0 Å². The summed E-state index contributed by atoms with van der Waals surface area (Å²) in [5.41, 5.74) is 10.3. The number of nitrogens with two attached hydrogens (primary N) is 1. The molecule has 2 aromatic carbocycles. The van der Waals surface area contributed by atoms with Crippen LogP contribution in [0.2, 0.25) is 0 Å². The molecule has 0 radical (unpaired) electrons. The minimum absolute atomic E-state index is 0. The van der Waals surface area contributed by atoms with E-state index in [1.165, 1.54) is 5.56 Å². The monoisotopic (exact) mass is 425 g/mol. The zero-order valence-electron chi connectivity index (χ0n) is 13.8. The number of hydrogen-bond acceptors (Lipinski definition) is 2. The Hall–Kier alpha value is -1.76. The Morgan fingerprint density at radius 2 is 1.96 bits per heavy atom. The average Bonchev–Trinajstić information content (AvgIpc) is 2.48. The summed E-state index contributed by atoms with van der Waals surface area (Å²) in [6, 6.07) is 14.1. The van der Waals surface area contributed by atoms with E-state index in [4.69, 9.17) is 10.5 Å². The molecule has 3 N–H and O–H groups in total. The molecule has 0 aliphatic heterocycles. The largest absolute Gasteiger partial charge is 0.494 e. The van der Waals surface area contributed by atoms with Gasteiger partial charge in [0.05, 0.1) is 13.2 Å².